The number of ether oxygens (including phenoxy) is 1. The molecule has 0 bridgehead atoms. The highest BCUT2D eigenvalue weighted by Gasteiger charge is 2.01. The zero-order valence-corrected chi connectivity index (χ0v) is 6.59. The highest BCUT2D eigenvalue weighted by molar-refractivity contribution is 6.30. The second kappa shape index (κ2) is 3.22. The molecule has 0 saturated heterocycles. The van der Waals surface area contributed by atoms with E-state index in [2.05, 4.69) is 4.98 Å². The molecule has 0 aromatic carbocycles. The first-order valence-electron chi connectivity index (χ1n) is 2.87. The summed E-state index contributed by atoms with van der Waals surface area (Å²) in [5.74, 6) is 0.533. The fourth-order valence-corrected chi connectivity index (χ4v) is 0.765. The van der Waals surface area contributed by atoms with Crippen LogP contribution in [-0.2, 0) is 0 Å². The lowest BCUT2D eigenvalue weighted by Crippen LogP contribution is -1.87. The Morgan fingerprint density at radius 3 is 3.00 bits per heavy atom. The van der Waals surface area contributed by atoms with Crippen molar-refractivity contribution in [2.24, 2.45) is 0 Å². The Balaban J connectivity index is 3.15. The van der Waals surface area contributed by atoms with Crippen LogP contribution in [0.4, 0.5) is 0 Å². The maximum absolute atomic E-state index is 8.51. The average molecular weight is 169 g/mol. The van der Waals surface area contributed by atoms with Gasteiger partial charge < -0.3 is 4.74 Å². The van der Waals surface area contributed by atoms with Gasteiger partial charge in [-0.05, 0) is 0 Å². The molecule has 0 atom stereocenters. The van der Waals surface area contributed by atoms with Gasteiger partial charge in [0.15, 0.2) is 0 Å². The molecule has 0 fully saturated rings. The molecule has 1 rings (SSSR count). The minimum absolute atomic E-state index is 0.202. The number of hydrogen-bond acceptors (Lipinski definition) is 3. The van der Waals surface area contributed by atoms with E-state index in [1.54, 1.807) is 0 Å². The van der Waals surface area contributed by atoms with Crippen molar-refractivity contribution < 1.29 is 4.74 Å². The second-order valence-electron chi connectivity index (χ2n) is 1.83. The Hall–Kier alpha value is -1.27. The summed E-state index contributed by atoms with van der Waals surface area (Å²) in [4.78, 5) is 3.74. The Morgan fingerprint density at radius 2 is 2.45 bits per heavy atom. The van der Waals surface area contributed by atoms with Crippen LogP contribution in [0.2, 0.25) is 5.15 Å². The van der Waals surface area contributed by atoms with Crippen molar-refractivity contribution in [1.29, 1.82) is 5.26 Å². The largest absolute Gasteiger partial charge is 0.495 e. The lowest BCUT2D eigenvalue weighted by atomic mass is 10.3. The van der Waals surface area contributed by atoms with Crippen LogP contribution < -0.4 is 4.74 Å². The zero-order valence-electron chi connectivity index (χ0n) is 5.84. The smallest absolute Gasteiger partial charge is 0.147 e. The standard InChI is InChI=1S/C7H5ClN2O/c1-11-6-2-5(3-9)7(8)10-4-6/h2,4H,1H3. The van der Waals surface area contributed by atoms with Crippen molar-refractivity contribution in [3.8, 4) is 11.8 Å². The number of aromatic nitrogens is 1. The molecule has 0 N–H and O–H groups in total. The summed E-state index contributed by atoms with van der Waals surface area (Å²) < 4.78 is 4.84. The van der Waals surface area contributed by atoms with Crippen molar-refractivity contribution in [3.63, 3.8) is 0 Å². The highest BCUT2D eigenvalue weighted by atomic mass is 35.5. The average Bonchev–Trinajstić information content (AvgIpc) is 2.05. The summed E-state index contributed by atoms with van der Waals surface area (Å²) in [5, 5.41) is 8.71. The number of nitrogens with zero attached hydrogens (tertiary/aromatic N) is 2. The summed E-state index contributed by atoms with van der Waals surface area (Å²) in [5.41, 5.74) is 0.325. The number of methoxy groups -OCH3 is 1. The third-order valence-corrected chi connectivity index (χ3v) is 1.47. The van der Waals surface area contributed by atoms with Crippen molar-refractivity contribution in [1.82, 2.24) is 4.98 Å². The van der Waals surface area contributed by atoms with Gasteiger partial charge in [0.2, 0.25) is 0 Å². The van der Waals surface area contributed by atoms with Crippen molar-refractivity contribution in [3.05, 3.63) is 23.0 Å². The van der Waals surface area contributed by atoms with E-state index >= 15 is 0 Å². The van der Waals surface area contributed by atoms with E-state index < -0.39 is 0 Å². The lowest BCUT2D eigenvalue weighted by molar-refractivity contribution is 0.413. The van der Waals surface area contributed by atoms with Crippen molar-refractivity contribution in [2.75, 3.05) is 7.11 Å². The molecule has 0 saturated carbocycles. The minimum atomic E-state index is 0.202. The first-order chi connectivity index (χ1) is 5.27. The normalized spacial score (nSPS) is 8.82. The maximum atomic E-state index is 8.51. The van der Waals surface area contributed by atoms with Crippen molar-refractivity contribution in [2.45, 2.75) is 0 Å². The predicted molar refractivity (Wildman–Crippen MR) is 40.5 cm³/mol. The van der Waals surface area contributed by atoms with Gasteiger partial charge >= 0.3 is 0 Å². The number of rotatable bonds is 1. The van der Waals surface area contributed by atoms with E-state index in [0.717, 1.165) is 0 Å². The van der Waals surface area contributed by atoms with E-state index in [-0.39, 0.29) is 5.15 Å². The summed E-state index contributed by atoms with van der Waals surface area (Å²) >= 11 is 5.56. The van der Waals surface area contributed by atoms with Crippen molar-refractivity contribution >= 4 is 11.6 Å². The van der Waals surface area contributed by atoms with Gasteiger partial charge in [0.05, 0.1) is 18.9 Å². The van der Waals surface area contributed by atoms with Crippen LogP contribution in [-0.4, -0.2) is 12.1 Å². The molecule has 1 aromatic heterocycles. The third-order valence-electron chi connectivity index (χ3n) is 1.17. The maximum Gasteiger partial charge on any atom is 0.147 e. The molecule has 0 aliphatic carbocycles. The van der Waals surface area contributed by atoms with Crippen LogP contribution in [0.5, 0.6) is 5.75 Å². The van der Waals surface area contributed by atoms with Gasteiger partial charge in [0, 0.05) is 6.07 Å². The molecular formula is C7H5ClN2O. The quantitative estimate of drug-likeness (QED) is 0.599. The van der Waals surface area contributed by atoms with Crippen LogP contribution >= 0.6 is 11.6 Å². The molecule has 0 unspecified atom stereocenters. The lowest BCUT2D eigenvalue weighted by Gasteiger charge is -1.98. The highest BCUT2D eigenvalue weighted by Crippen LogP contribution is 2.17. The van der Waals surface area contributed by atoms with Gasteiger partial charge in [-0.3, -0.25) is 0 Å². The van der Waals surface area contributed by atoms with Crippen LogP contribution in [0.1, 0.15) is 5.56 Å². The van der Waals surface area contributed by atoms with E-state index in [0.29, 0.717) is 11.3 Å². The number of pyridine rings is 1. The summed E-state index contributed by atoms with van der Waals surface area (Å²) in [6, 6.07) is 3.43. The summed E-state index contributed by atoms with van der Waals surface area (Å²) in [6.07, 6.45) is 1.46. The van der Waals surface area contributed by atoms with E-state index in [1.807, 2.05) is 6.07 Å². The molecular weight excluding hydrogens is 164 g/mol. The van der Waals surface area contributed by atoms with E-state index in [4.69, 9.17) is 21.6 Å². The monoisotopic (exact) mass is 168 g/mol. The van der Waals surface area contributed by atoms with Crippen LogP contribution in [0.25, 0.3) is 0 Å². The third kappa shape index (κ3) is 1.60. The van der Waals surface area contributed by atoms with Gasteiger partial charge in [0.1, 0.15) is 17.0 Å². The minimum Gasteiger partial charge on any atom is -0.495 e. The van der Waals surface area contributed by atoms with Crippen LogP contribution in [0, 0.1) is 11.3 Å². The number of halogens is 1. The number of hydrogen-bond donors (Lipinski definition) is 0. The molecule has 0 aliphatic heterocycles. The topological polar surface area (TPSA) is 45.9 Å². The molecule has 11 heavy (non-hydrogen) atoms. The zero-order chi connectivity index (χ0) is 8.27. The van der Waals surface area contributed by atoms with Gasteiger partial charge in [0.25, 0.3) is 0 Å². The first kappa shape index (κ1) is 7.83. The fourth-order valence-electron chi connectivity index (χ4n) is 0.619. The predicted octanol–water partition coefficient (Wildman–Crippen LogP) is 1.62. The number of nitriles is 1. The van der Waals surface area contributed by atoms with Gasteiger partial charge in [-0.25, -0.2) is 4.98 Å². The van der Waals surface area contributed by atoms with Gasteiger partial charge in [-0.15, -0.1) is 0 Å². The summed E-state index contributed by atoms with van der Waals surface area (Å²) in [7, 11) is 1.51. The molecule has 1 aromatic rings. The van der Waals surface area contributed by atoms with E-state index in [1.165, 1.54) is 19.4 Å². The molecule has 56 valence electrons. The molecule has 4 heteroatoms. The molecule has 0 aliphatic rings. The molecule has 0 spiro atoms. The molecule has 1 heterocycles. The Labute approximate surface area is 69.2 Å². The van der Waals surface area contributed by atoms with Gasteiger partial charge in [-0.2, -0.15) is 5.26 Å². The first-order valence-corrected chi connectivity index (χ1v) is 3.25. The Morgan fingerprint density at radius 1 is 1.73 bits per heavy atom. The molecule has 0 amide bonds. The Kier molecular flexibility index (Phi) is 2.29. The van der Waals surface area contributed by atoms with E-state index in [9.17, 15) is 0 Å². The molecule has 0 radical (unpaired) electrons. The molecule has 3 nitrogen and oxygen atoms in total. The second-order valence-corrected chi connectivity index (χ2v) is 2.18. The van der Waals surface area contributed by atoms with Gasteiger partial charge in [-0.1, -0.05) is 11.6 Å². The fraction of sp³-hybridized carbons (Fsp3) is 0.143. The van der Waals surface area contributed by atoms with Crippen LogP contribution in [0.15, 0.2) is 12.3 Å². The Bertz CT molecular complexity index is 306. The van der Waals surface area contributed by atoms with Crippen LogP contribution in [0.3, 0.4) is 0 Å². The summed E-state index contributed by atoms with van der Waals surface area (Å²) in [6.45, 7) is 0. The SMILES string of the molecule is COc1cnc(Cl)c(C#N)c1.